The first kappa shape index (κ1) is 24.6. The molecule has 5 heteroatoms. The maximum absolute atomic E-state index is 13.2. The largest absolute Gasteiger partial charge is 0.503 e. The number of ketones is 1. The summed E-state index contributed by atoms with van der Waals surface area (Å²) in [4.78, 5) is 27.9. The van der Waals surface area contributed by atoms with Gasteiger partial charge in [0.1, 0.15) is 5.75 Å². The number of Topliss-reactive ketones (excluding diaryl/α,β-unsaturated/α-hetero) is 1. The van der Waals surface area contributed by atoms with Crippen molar-refractivity contribution in [3.05, 3.63) is 71.0 Å². The fourth-order valence-electron chi connectivity index (χ4n) is 4.08. The molecule has 1 atom stereocenters. The van der Waals surface area contributed by atoms with Gasteiger partial charge in [0.25, 0.3) is 5.91 Å². The molecule has 0 bridgehead atoms. The Labute approximate surface area is 197 Å². The number of carbonyl (C=O) groups is 2. The smallest absolute Gasteiger partial charge is 0.294 e. The summed E-state index contributed by atoms with van der Waals surface area (Å²) in [6.45, 7) is 14.2. The lowest BCUT2D eigenvalue weighted by Crippen LogP contribution is -2.31. The van der Waals surface area contributed by atoms with Crippen LogP contribution < -0.4 is 9.64 Å². The van der Waals surface area contributed by atoms with Crippen LogP contribution in [-0.4, -0.2) is 22.9 Å². The van der Waals surface area contributed by atoms with E-state index < -0.39 is 17.7 Å². The predicted molar refractivity (Wildman–Crippen MR) is 132 cm³/mol. The van der Waals surface area contributed by atoms with Crippen molar-refractivity contribution in [1.82, 2.24) is 0 Å². The van der Waals surface area contributed by atoms with Crippen LogP contribution in [0.1, 0.15) is 72.1 Å². The van der Waals surface area contributed by atoms with Gasteiger partial charge < -0.3 is 9.84 Å². The van der Waals surface area contributed by atoms with E-state index in [-0.39, 0.29) is 35.2 Å². The quantitative estimate of drug-likeness (QED) is 0.540. The van der Waals surface area contributed by atoms with Gasteiger partial charge in [-0.25, -0.2) is 0 Å². The van der Waals surface area contributed by atoms with Gasteiger partial charge in [0.15, 0.2) is 11.5 Å². The summed E-state index contributed by atoms with van der Waals surface area (Å²) in [6.07, 6.45) is 0.294. The normalized spacial score (nSPS) is 16.8. The topological polar surface area (TPSA) is 66.8 Å². The SMILES string of the molecule is CC(C)CC(=O)C1=C(O)C(=O)N(c2ccc(C(C)(C)C)cc2)C1c1ccc(OC(C)C)cc1. The average Bonchev–Trinajstić information content (AvgIpc) is 2.98. The van der Waals surface area contributed by atoms with Crippen LogP contribution in [0.15, 0.2) is 59.9 Å². The average molecular weight is 450 g/mol. The van der Waals surface area contributed by atoms with Crippen molar-refractivity contribution in [2.45, 2.75) is 72.4 Å². The van der Waals surface area contributed by atoms with E-state index in [1.54, 1.807) is 0 Å². The molecule has 0 fully saturated rings. The molecule has 2 aromatic rings. The molecule has 5 nitrogen and oxygen atoms in total. The molecule has 1 aliphatic heterocycles. The van der Waals surface area contributed by atoms with Gasteiger partial charge in [-0.15, -0.1) is 0 Å². The molecule has 0 aliphatic carbocycles. The van der Waals surface area contributed by atoms with Crippen molar-refractivity contribution < 1.29 is 19.4 Å². The number of benzene rings is 2. The van der Waals surface area contributed by atoms with E-state index in [9.17, 15) is 14.7 Å². The minimum atomic E-state index is -0.697. The zero-order chi connectivity index (χ0) is 24.5. The Kier molecular flexibility index (Phi) is 7.01. The molecule has 176 valence electrons. The maximum Gasteiger partial charge on any atom is 0.294 e. The molecular formula is C28H35NO4. The Morgan fingerprint density at radius 2 is 1.58 bits per heavy atom. The molecule has 0 saturated heterocycles. The van der Waals surface area contributed by atoms with Crippen LogP contribution in [0.5, 0.6) is 5.75 Å². The fraction of sp³-hybridized carbons (Fsp3) is 0.429. The predicted octanol–water partition coefficient (Wildman–Crippen LogP) is 6.29. The molecule has 0 saturated carbocycles. The summed E-state index contributed by atoms with van der Waals surface area (Å²) < 4.78 is 5.75. The second-order valence-electron chi connectivity index (χ2n) is 10.4. The van der Waals surface area contributed by atoms with E-state index in [1.165, 1.54) is 4.90 Å². The highest BCUT2D eigenvalue weighted by Gasteiger charge is 2.44. The Morgan fingerprint density at radius 3 is 2.06 bits per heavy atom. The lowest BCUT2D eigenvalue weighted by atomic mass is 9.87. The summed E-state index contributed by atoms with van der Waals surface area (Å²) in [6, 6.07) is 14.4. The van der Waals surface area contributed by atoms with Crippen molar-refractivity contribution in [2.24, 2.45) is 5.92 Å². The number of hydrogen-bond donors (Lipinski definition) is 1. The van der Waals surface area contributed by atoms with Gasteiger partial charge >= 0.3 is 0 Å². The van der Waals surface area contributed by atoms with Crippen molar-refractivity contribution >= 4 is 17.4 Å². The van der Waals surface area contributed by atoms with E-state index in [0.29, 0.717) is 11.4 Å². The Hall–Kier alpha value is -3.08. The molecule has 1 amide bonds. The van der Waals surface area contributed by atoms with Gasteiger partial charge in [0.2, 0.25) is 0 Å². The first-order valence-electron chi connectivity index (χ1n) is 11.6. The number of carbonyl (C=O) groups excluding carboxylic acids is 2. The van der Waals surface area contributed by atoms with E-state index in [2.05, 4.69) is 20.8 Å². The molecule has 3 rings (SSSR count). The van der Waals surface area contributed by atoms with E-state index in [0.717, 1.165) is 11.1 Å². The number of aliphatic hydroxyl groups excluding tert-OH is 1. The molecule has 1 unspecified atom stereocenters. The fourth-order valence-corrected chi connectivity index (χ4v) is 4.08. The number of hydrogen-bond acceptors (Lipinski definition) is 4. The molecule has 0 radical (unpaired) electrons. The molecule has 2 aromatic carbocycles. The summed E-state index contributed by atoms with van der Waals surface area (Å²) >= 11 is 0. The van der Waals surface area contributed by atoms with E-state index in [1.807, 2.05) is 76.2 Å². The van der Waals surface area contributed by atoms with Crippen LogP contribution in [0, 0.1) is 5.92 Å². The highest BCUT2D eigenvalue weighted by molar-refractivity contribution is 6.16. The minimum Gasteiger partial charge on any atom is -0.503 e. The highest BCUT2D eigenvalue weighted by Crippen LogP contribution is 2.42. The van der Waals surface area contributed by atoms with E-state index >= 15 is 0 Å². The lowest BCUT2D eigenvalue weighted by Gasteiger charge is -2.28. The van der Waals surface area contributed by atoms with E-state index in [4.69, 9.17) is 4.74 Å². The van der Waals surface area contributed by atoms with Crippen molar-refractivity contribution in [1.29, 1.82) is 0 Å². The molecular weight excluding hydrogens is 414 g/mol. The Balaban J connectivity index is 2.08. The second-order valence-corrected chi connectivity index (χ2v) is 10.4. The van der Waals surface area contributed by atoms with Gasteiger partial charge in [-0.1, -0.05) is 58.9 Å². The number of ether oxygens (including phenoxy) is 1. The number of amides is 1. The van der Waals surface area contributed by atoms with Crippen molar-refractivity contribution in [3.63, 3.8) is 0 Å². The number of nitrogens with zero attached hydrogens (tertiary/aromatic N) is 1. The zero-order valence-electron chi connectivity index (χ0n) is 20.7. The maximum atomic E-state index is 13.2. The Bertz CT molecular complexity index is 1040. The molecule has 1 N–H and O–H groups in total. The van der Waals surface area contributed by atoms with Crippen LogP contribution in [-0.2, 0) is 15.0 Å². The second kappa shape index (κ2) is 9.42. The van der Waals surface area contributed by atoms with Gasteiger partial charge in [-0.3, -0.25) is 14.5 Å². The molecule has 1 heterocycles. The minimum absolute atomic E-state index is 0.0298. The van der Waals surface area contributed by atoms with Gasteiger partial charge in [0.05, 0.1) is 17.7 Å². The standard InChI is InChI=1S/C28H35NO4/c1-17(2)16-23(30)24-25(19-8-14-22(15-9-19)33-18(3)4)29(27(32)26(24)31)21-12-10-20(11-13-21)28(5,6)7/h8-15,17-18,25,31H,16H2,1-7H3. The van der Waals surface area contributed by atoms with Crippen LogP contribution in [0.3, 0.4) is 0 Å². The van der Waals surface area contributed by atoms with Crippen LogP contribution in [0.25, 0.3) is 0 Å². The third kappa shape index (κ3) is 5.29. The van der Waals surface area contributed by atoms with Gasteiger partial charge in [0, 0.05) is 12.1 Å². The molecule has 1 aliphatic rings. The van der Waals surface area contributed by atoms with Crippen molar-refractivity contribution in [2.75, 3.05) is 4.90 Å². The first-order chi connectivity index (χ1) is 15.4. The lowest BCUT2D eigenvalue weighted by molar-refractivity contribution is -0.118. The zero-order valence-corrected chi connectivity index (χ0v) is 20.7. The highest BCUT2D eigenvalue weighted by atomic mass is 16.5. The molecule has 0 spiro atoms. The van der Waals surface area contributed by atoms with Crippen LogP contribution in [0.4, 0.5) is 5.69 Å². The summed E-state index contributed by atoms with van der Waals surface area (Å²) in [7, 11) is 0. The first-order valence-corrected chi connectivity index (χ1v) is 11.6. The van der Waals surface area contributed by atoms with Crippen LogP contribution in [0.2, 0.25) is 0 Å². The summed E-state index contributed by atoms with van der Waals surface area (Å²) in [5, 5.41) is 10.8. The Morgan fingerprint density at radius 1 is 1.00 bits per heavy atom. The molecule has 0 aromatic heterocycles. The number of anilines is 1. The number of aliphatic hydroxyl groups is 1. The molecule has 33 heavy (non-hydrogen) atoms. The van der Waals surface area contributed by atoms with Gasteiger partial charge in [-0.05, 0) is 60.6 Å². The number of rotatable bonds is 7. The van der Waals surface area contributed by atoms with Crippen LogP contribution >= 0.6 is 0 Å². The summed E-state index contributed by atoms with van der Waals surface area (Å²) in [5.41, 5.74) is 2.65. The monoisotopic (exact) mass is 449 g/mol. The van der Waals surface area contributed by atoms with Crippen molar-refractivity contribution in [3.8, 4) is 5.75 Å². The third-order valence-corrected chi connectivity index (χ3v) is 5.68. The summed E-state index contributed by atoms with van der Waals surface area (Å²) in [5.74, 6) is -0.416. The van der Waals surface area contributed by atoms with Gasteiger partial charge in [-0.2, -0.15) is 0 Å². The third-order valence-electron chi connectivity index (χ3n) is 5.68.